The first-order chi connectivity index (χ1) is 15.0. The highest BCUT2D eigenvalue weighted by Gasteiger charge is 2.42. The lowest BCUT2D eigenvalue weighted by Crippen LogP contribution is -2.51. The number of aromatic nitrogens is 3. The molecule has 0 atom stereocenters. The summed E-state index contributed by atoms with van der Waals surface area (Å²) in [5, 5.41) is 9.02. The summed E-state index contributed by atoms with van der Waals surface area (Å²) in [7, 11) is 0. The van der Waals surface area contributed by atoms with Crippen LogP contribution in [0.3, 0.4) is 0 Å². The monoisotopic (exact) mass is 420 g/mol. The summed E-state index contributed by atoms with van der Waals surface area (Å²) in [5.41, 5.74) is 3.03. The number of amides is 2. The number of H-pyrrole nitrogens is 1. The standard InChI is InChI=1S/C22H21FN6O2/c23-14-3-1-13(2-4-14)19(30)29-21-25-8-5-16(28-21)17-11-15-18(27-17)22(12-26-20(15)31)6-9-24-10-7-22/h1-5,8,11,24,27H,6-7,9-10,12H2,(H,26,31)(H,25,28,29,30). The first-order valence-corrected chi connectivity index (χ1v) is 10.2. The smallest absolute Gasteiger partial charge is 0.258 e. The second-order valence-corrected chi connectivity index (χ2v) is 7.91. The van der Waals surface area contributed by atoms with E-state index >= 15 is 0 Å². The van der Waals surface area contributed by atoms with E-state index in [0.717, 1.165) is 31.6 Å². The third-order valence-electron chi connectivity index (χ3n) is 6.00. The number of anilines is 1. The molecule has 2 aromatic heterocycles. The number of rotatable bonds is 3. The van der Waals surface area contributed by atoms with Crippen LogP contribution < -0.4 is 16.0 Å². The molecule has 1 spiro atoms. The van der Waals surface area contributed by atoms with E-state index in [1.807, 2.05) is 6.07 Å². The molecule has 0 unspecified atom stereocenters. The van der Waals surface area contributed by atoms with Crippen molar-refractivity contribution >= 4 is 17.8 Å². The molecule has 1 fully saturated rings. The Morgan fingerprint density at radius 2 is 1.90 bits per heavy atom. The molecule has 5 rings (SSSR count). The van der Waals surface area contributed by atoms with Gasteiger partial charge in [0.15, 0.2) is 0 Å². The Bertz CT molecular complexity index is 1150. The molecule has 2 aliphatic heterocycles. The minimum atomic E-state index is -0.434. The maximum Gasteiger partial charge on any atom is 0.258 e. The highest BCUT2D eigenvalue weighted by atomic mass is 19.1. The second kappa shape index (κ2) is 7.59. The molecule has 3 aromatic rings. The number of piperidine rings is 1. The Morgan fingerprint density at radius 3 is 2.68 bits per heavy atom. The van der Waals surface area contributed by atoms with Crippen molar-refractivity contribution < 1.29 is 14.0 Å². The van der Waals surface area contributed by atoms with Crippen LogP contribution in [0, 0.1) is 5.82 Å². The van der Waals surface area contributed by atoms with Crippen LogP contribution in [0.15, 0.2) is 42.6 Å². The number of fused-ring (bicyclic) bond motifs is 2. The van der Waals surface area contributed by atoms with Crippen molar-refractivity contribution in [2.75, 3.05) is 25.0 Å². The molecule has 2 amide bonds. The molecule has 4 heterocycles. The van der Waals surface area contributed by atoms with Crippen molar-refractivity contribution in [3.05, 3.63) is 65.2 Å². The minimum Gasteiger partial charge on any atom is -0.356 e. The summed E-state index contributed by atoms with van der Waals surface area (Å²) in [6.45, 7) is 2.41. The molecule has 8 nitrogen and oxygen atoms in total. The Kier molecular flexibility index (Phi) is 4.74. The lowest BCUT2D eigenvalue weighted by atomic mass is 9.73. The zero-order chi connectivity index (χ0) is 21.4. The second-order valence-electron chi connectivity index (χ2n) is 7.91. The summed E-state index contributed by atoms with van der Waals surface area (Å²) in [6.07, 6.45) is 3.41. The van der Waals surface area contributed by atoms with Crippen LogP contribution in [0.2, 0.25) is 0 Å². The predicted octanol–water partition coefficient (Wildman–Crippen LogP) is 2.23. The van der Waals surface area contributed by atoms with E-state index in [0.29, 0.717) is 29.1 Å². The number of benzene rings is 1. The van der Waals surface area contributed by atoms with E-state index < -0.39 is 11.7 Å². The van der Waals surface area contributed by atoms with Crippen molar-refractivity contribution in [1.82, 2.24) is 25.6 Å². The van der Waals surface area contributed by atoms with Crippen LogP contribution in [-0.4, -0.2) is 46.4 Å². The van der Waals surface area contributed by atoms with Gasteiger partial charge in [0.05, 0.1) is 17.0 Å². The normalized spacial score (nSPS) is 17.1. The number of aromatic amines is 1. The molecule has 4 N–H and O–H groups in total. The number of carbonyl (C=O) groups is 2. The zero-order valence-corrected chi connectivity index (χ0v) is 16.7. The van der Waals surface area contributed by atoms with E-state index in [9.17, 15) is 14.0 Å². The van der Waals surface area contributed by atoms with Gasteiger partial charge in [0.1, 0.15) is 5.82 Å². The third kappa shape index (κ3) is 3.57. The van der Waals surface area contributed by atoms with Gasteiger partial charge < -0.3 is 15.6 Å². The molecule has 1 saturated heterocycles. The summed E-state index contributed by atoms with van der Waals surface area (Å²) < 4.78 is 13.1. The molecule has 9 heteroatoms. The van der Waals surface area contributed by atoms with E-state index in [1.54, 1.807) is 12.3 Å². The average Bonchev–Trinajstić information content (AvgIpc) is 3.25. The van der Waals surface area contributed by atoms with Crippen molar-refractivity contribution in [3.63, 3.8) is 0 Å². The van der Waals surface area contributed by atoms with Gasteiger partial charge in [-0.05, 0) is 62.3 Å². The van der Waals surface area contributed by atoms with Gasteiger partial charge in [0.2, 0.25) is 5.95 Å². The van der Waals surface area contributed by atoms with E-state index in [-0.39, 0.29) is 17.3 Å². The van der Waals surface area contributed by atoms with Crippen LogP contribution in [0.5, 0.6) is 0 Å². The summed E-state index contributed by atoms with van der Waals surface area (Å²) in [4.78, 5) is 36.9. The van der Waals surface area contributed by atoms with Gasteiger partial charge >= 0.3 is 0 Å². The van der Waals surface area contributed by atoms with Crippen LogP contribution in [0.1, 0.15) is 39.3 Å². The molecular formula is C22H21FN6O2. The summed E-state index contributed by atoms with van der Waals surface area (Å²) in [6, 6.07) is 8.75. The van der Waals surface area contributed by atoms with E-state index in [1.165, 1.54) is 24.3 Å². The van der Waals surface area contributed by atoms with E-state index in [4.69, 9.17) is 0 Å². The van der Waals surface area contributed by atoms with Gasteiger partial charge in [-0.2, -0.15) is 0 Å². The first kappa shape index (κ1) is 19.4. The number of nitrogens with one attached hydrogen (secondary N) is 4. The SMILES string of the molecule is O=C(Nc1nccc(-c2cc3c([nH]2)C2(CCNCC2)CNC3=O)n1)c1ccc(F)cc1. The van der Waals surface area contributed by atoms with Crippen LogP contribution in [0.25, 0.3) is 11.4 Å². The number of nitrogens with zero attached hydrogens (tertiary/aromatic N) is 2. The number of carbonyl (C=O) groups excluding carboxylic acids is 2. The maximum atomic E-state index is 13.1. The molecule has 0 saturated carbocycles. The fourth-order valence-electron chi connectivity index (χ4n) is 4.30. The van der Waals surface area contributed by atoms with Crippen molar-refractivity contribution in [2.45, 2.75) is 18.3 Å². The van der Waals surface area contributed by atoms with Gasteiger partial charge in [-0.25, -0.2) is 14.4 Å². The molecule has 158 valence electrons. The zero-order valence-electron chi connectivity index (χ0n) is 16.7. The number of halogens is 1. The third-order valence-corrected chi connectivity index (χ3v) is 6.00. The molecule has 2 aliphatic rings. The first-order valence-electron chi connectivity index (χ1n) is 10.2. The Labute approximate surface area is 177 Å². The lowest BCUT2D eigenvalue weighted by Gasteiger charge is -2.40. The Hall–Kier alpha value is -3.59. The fraction of sp³-hybridized carbons (Fsp3) is 0.273. The minimum absolute atomic E-state index is 0.0967. The summed E-state index contributed by atoms with van der Waals surface area (Å²) >= 11 is 0. The quantitative estimate of drug-likeness (QED) is 0.519. The Morgan fingerprint density at radius 1 is 1.13 bits per heavy atom. The lowest BCUT2D eigenvalue weighted by molar-refractivity contribution is 0.0913. The van der Waals surface area contributed by atoms with Crippen LogP contribution in [-0.2, 0) is 5.41 Å². The van der Waals surface area contributed by atoms with Gasteiger partial charge in [-0.1, -0.05) is 0 Å². The Balaban J connectivity index is 1.44. The molecule has 1 aromatic carbocycles. The highest BCUT2D eigenvalue weighted by Crippen LogP contribution is 2.38. The molecule has 0 radical (unpaired) electrons. The van der Waals surface area contributed by atoms with Crippen LogP contribution >= 0.6 is 0 Å². The summed E-state index contributed by atoms with van der Waals surface area (Å²) in [5.74, 6) is -0.821. The number of hydrogen-bond acceptors (Lipinski definition) is 5. The average molecular weight is 420 g/mol. The van der Waals surface area contributed by atoms with Gasteiger partial charge in [0, 0.05) is 29.4 Å². The van der Waals surface area contributed by atoms with Gasteiger partial charge in [-0.3, -0.25) is 14.9 Å². The molecule has 0 bridgehead atoms. The van der Waals surface area contributed by atoms with Crippen molar-refractivity contribution in [2.24, 2.45) is 0 Å². The maximum absolute atomic E-state index is 13.1. The topological polar surface area (TPSA) is 112 Å². The fourth-order valence-corrected chi connectivity index (χ4v) is 4.30. The van der Waals surface area contributed by atoms with Crippen molar-refractivity contribution in [1.29, 1.82) is 0 Å². The van der Waals surface area contributed by atoms with Gasteiger partial charge in [-0.15, -0.1) is 0 Å². The molecule has 31 heavy (non-hydrogen) atoms. The largest absolute Gasteiger partial charge is 0.356 e. The molecule has 0 aliphatic carbocycles. The van der Waals surface area contributed by atoms with E-state index in [2.05, 4.69) is 30.9 Å². The number of hydrogen-bond donors (Lipinski definition) is 4. The van der Waals surface area contributed by atoms with Gasteiger partial charge in [0.25, 0.3) is 11.8 Å². The molecular weight excluding hydrogens is 399 g/mol. The highest BCUT2D eigenvalue weighted by molar-refractivity contribution is 6.03. The van der Waals surface area contributed by atoms with Crippen LogP contribution in [0.4, 0.5) is 10.3 Å². The van der Waals surface area contributed by atoms with Crippen molar-refractivity contribution in [3.8, 4) is 11.4 Å². The predicted molar refractivity (Wildman–Crippen MR) is 112 cm³/mol.